The molecule has 0 heterocycles. The summed E-state index contributed by atoms with van der Waals surface area (Å²) in [6.07, 6.45) is -4.94. The van der Waals surface area contributed by atoms with Crippen molar-refractivity contribution in [3.63, 3.8) is 0 Å². The van der Waals surface area contributed by atoms with Crippen LogP contribution in [0.1, 0.15) is 31.4 Å². The van der Waals surface area contributed by atoms with E-state index >= 15 is 0 Å². The van der Waals surface area contributed by atoms with Gasteiger partial charge in [-0.3, -0.25) is 9.59 Å². The van der Waals surface area contributed by atoms with Gasteiger partial charge in [0, 0.05) is 18.3 Å². The Morgan fingerprint density at radius 1 is 1.04 bits per heavy atom. The van der Waals surface area contributed by atoms with Crippen LogP contribution < -0.4 is 5.32 Å². The van der Waals surface area contributed by atoms with Crippen molar-refractivity contribution in [2.75, 3.05) is 5.32 Å². The van der Waals surface area contributed by atoms with Gasteiger partial charge >= 0.3 is 6.18 Å². The smallest absolute Gasteiger partial charge is 0.336 e. The summed E-state index contributed by atoms with van der Waals surface area (Å²) in [5.41, 5.74) is 0.0686. The predicted molar refractivity (Wildman–Crippen MR) is 96.8 cm³/mol. The van der Waals surface area contributed by atoms with Crippen LogP contribution in [0.3, 0.4) is 0 Å². The Morgan fingerprint density at radius 2 is 1.70 bits per heavy atom. The van der Waals surface area contributed by atoms with Crippen molar-refractivity contribution >= 4 is 17.5 Å². The van der Waals surface area contributed by atoms with E-state index in [1.165, 1.54) is 12.1 Å². The largest absolute Gasteiger partial charge is 0.416 e. The molecule has 0 atom stereocenters. The quantitative estimate of drug-likeness (QED) is 0.754. The highest BCUT2D eigenvalue weighted by Crippen LogP contribution is 2.30. The predicted octanol–water partition coefficient (Wildman–Crippen LogP) is 4.47. The van der Waals surface area contributed by atoms with Gasteiger partial charge in [-0.15, -0.1) is 0 Å². The van der Waals surface area contributed by atoms with Crippen LogP contribution in [0.2, 0.25) is 0 Å². The Kier molecular flexibility index (Phi) is 6.60. The zero-order chi connectivity index (χ0) is 20.0. The molecule has 2 amide bonds. The number of benzene rings is 2. The van der Waals surface area contributed by atoms with Crippen LogP contribution in [0.25, 0.3) is 0 Å². The van der Waals surface area contributed by atoms with Crippen molar-refractivity contribution < 1.29 is 22.8 Å². The van der Waals surface area contributed by atoms with Gasteiger partial charge in [-0.25, -0.2) is 0 Å². The van der Waals surface area contributed by atoms with E-state index in [4.69, 9.17) is 0 Å². The molecule has 4 nitrogen and oxygen atoms in total. The molecule has 0 unspecified atom stereocenters. The normalized spacial score (nSPS) is 11.3. The van der Waals surface area contributed by atoms with Crippen molar-refractivity contribution in [3.05, 3.63) is 65.7 Å². The molecule has 0 saturated heterocycles. The maximum absolute atomic E-state index is 12.7. The van der Waals surface area contributed by atoms with Crippen molar-refractivity contribution in [2.45, 2.75) is 39.0 Å². The number of carbonyl (C=O) groups excluding carboxylic acids is 2. The second kappa shape index (κ2) is 8.70. The molecule has 144 valence electrons. The minimum atomic E-state index is -4.50. The van der Waals surface area contributed by atoms with Crippen molar-refractivity contribution in [1.29, 1.82) is 0 Å². The fourth-order valence-corrected chi connectivity index (χ4v) is 2.56. The second-order valence-electron chi connectivity index (χ2n) is 6.40. The lowest BCUT2D eigenvalue weighted by Crippen LogP contribution is -2.38. The van der Waals surface area contributed by atoms with Gasteiger partial charge in [0.05, 0.1) is 5.56 Å². The van der Waals surface area contributed by atoms with Gasteiger partial charge in [-0.2, -0.15) is 13.2 Å². The lowest BCUT2D eigenvalue weighted by Gasteiger charge is -2.27. The summed E-state index contributed by atoms with van der Waals surface area (Å²) < 4.78 is 38.2. The van der Waals surface area contributed by atoms with Crippen LogP contribution in [0.4, 0.5) is 18.9 Å². The lowest BCUT2D eigenvalue weighted by atomic mass is 10.1. The van der Waals surface area contributed by atoms with Crippen LogP contribution >= 0.6 is 0 Å². The summed E-state index contributed by atoms with van der Waals surface area (Å²) in [5, 5.41) is 2.36. The van der Waals surface area contributed by atoms with E-state index in [0.29, 0.717) is 6.54 Å². The van der Waals surface area contributed by atoms with Crippen LogP contribution in [0, 0.1) is 0 Å². The molecule has 0 aliphatic rings. The van der Waals surface area contributed by atoms with Crippen LogP contribution in [0.15, 0.2) is 54.6 Å². The van der Waals surface area contributed by atoms with Gasteiger partial charge in [0.25, 0.3) is 0 Å². The molecule has 2 rings (SSSR count). The van der Waals surface area contributed by atoms with Gasteiger partial charge in [0.15, 0.2) is 0 Å². The number of anilines is 1. The molecule has 0 bridgehead atoms. The van der Waals surface area contributed by atoms with E-state index in [-0.39, 0.29) is 11.7 Å². The molecule has 0 saturated carbocycles. The number of nitrogens with zero attached hydrogens (tertiary/aromatic N) is 1. The standard InChI is InChI=1S/C20H21F3N2O2/c1-14(2)25(13-15-7-4-3-5-8-15)19(27)12-18(26)24-17-10-6-9-16(11-17)20(21,22)23/h3-11,14H,12-13H2,1-2H3,(H,24,26). The Morgan fingerprint density at radius 3 is 2.30 bits per heavy atom. The number of alkyl halides is 3. The molecular formula is C20H21F3N2O2. The Bertz CT molecular complexity index is 789. The van der Waals surface area contributed by atoms with E-state index in [1.807, 2.05) is 44.2 Å². The van der Waals surface area contributed by atoms with Gasteiger partial charge in [-0.1, -0.05) is 36.4 Å². The summed E-state index contributed by atoms with van der Waals surface area (Å²) in [7, 11) is 0. The Labute approximate surface area is 156 Å². The zero-order valence-electron chi connectivity index (χ0n) is 15.1. The second-order valence-corrected chi connectivity index (χ2v) is 6.40. The third-order valence-corrected chi connectivity index (χ3v) is 3.92. The topological polar surface area (TPSA) is 49.4 Å². The van der Waals surface area contributed by atoms with Crippen LogP contribution in [-0.2, 0) is 22.3 Å². The van der Waals surface area contributed by atoms with Crippen molar-refractivity contribution in [3.8, 4) is 0 Å². The maximum atomic E-state index is 12.7. The minimum absolute atomic E-state index is 0.00165. The summed E-state index contributed by atoms with van der Waals surface area (Å²) in [4.78, 5) is 26.2. The van der Waals surface area contributed by atoms with E-state index in [9.17, 15) is 22.8 Å². The molecule has 1 N–H and O–H groups in total. The summed E-state index contributed by atoms with van der Waals surface area (Å²) >= 11 is 0. The molecule has 2 aromatic carbocycles. The SMILES string of the molecule is CC(C)N(Cc1ccccc1)C(=O)CC(=O)Nc1cccc(C(F)(F)F)c1. The Hall–Kier alpha value is -2.83. The van der Waals surface area contributed by atoms with Gasteiger partial charge in [0.2, 0.25) is 11.8 Å². The Balaban J connectivity index is 2.02. The van der Waals surface area contributed by atoms with Crippen molar-refractivity contribution in [2.24, 2.45) is 0 Å². The highest BCUT2D eigenvalue weighted by molar-refractivity contribution is 6.03. The number of hydrogen-bond acceptors (Lipinski definition) is 2. The molecule has 0 spiro atoms. The first kappa shape index (κ1) is 20.5. The fraction of sp³-hybridized carbons (Fsp3) is 0.300. The van der Waals surface area contributed by atoms with Gasteiger partial charge in [-0.05, 0) is 37.6 Å². The summed E-state index contributed by atoms with van der Waals surface area (Å²) in [6.45, 7) is 4.03. The lowest BCUT2D eigenvalue weighted by molar-refractivity contribution is -0.138. The maximum Gasteiger partial charge on any atom is 0.416 e. The average molecular weight is 378 g/mol. The number of amides is 2. The molecular weight excluding hydrogens is 357 g/mol. The highest BCUT2D eigenvalue weighted by atomic mass is 19.4. The zero-order valence-corrected chi connectivity index (χ0v) is 15.1. The molecule has 0 radical (unpaired) electrons. The number of nitrogens with one attached hydrogen (secondary N) is 1. The molecule has 0 aliphatic heterocycles. The first-order valence-corrected chi connectivity index (χ1v) is 8.47. The third-order valence-electron chi connectivity index (χ3n) is 3.92. The molecule has 0 fully saturated rings. The summed E-state index contributed by atoms with van der Waals surface area (Å²) in [5.74, 6) is -1.05. The van der Waals surface area contributed by atoms with Crippen LogP contribution in [-0.4, -0.2) is 22.8 Å². The molecule has 27 heavy (non-hydrogen) atoms. The van der Waals surface area contributed by atoms with E-state index in [0.717, 1.165) is 17.7 Å². The van der Waals surface area contributed by atoms with E-state index in [1.54, 1.807) is 4.90 Å². The number of hydrogen-bond donors (Lipinski definition) is 1. The first-order chi connectivity index (χ1) is 12.7. The first-order valence-electron chi connectivity index (χ1n) is 8.47. The average Bonchev–Trinajstić information content (AvgIpc) is 2.59. The number of halogens is 3. The number of rotatable bonds is 6. The minimum Gasteiger partial charge on any atom is -0.336 e. The van der Waals surface area contributed by atoms with Crippen molar-refractivity contribution in [1.82, 2.24) is 4.90 Å². The molecule has 0 aromatic heterocycles. The highest BCUT2D eigenvalue weighted by Gasteiger charge is 2.30. The number of carbonyl (C=O) groups is 2. The van der Waals surface area contributed by atoms with E-state index in [2.05, 4.69) is 5.32 Å². The third kappa shape index (κ3) is 6.13. The van der Waals surface area contributed by atoms with Crippen LogP contribution in [0.5, 0.6) is 0 Å². The van der Waals surface area contributed by atoms with Gasteiger partial charge in [0.1, 0.15) is 6.42 Å². The fourth-order valence-electron chi connectivity index (χ4n) is 2.56. The molecule has 7 heteroatoms. The molecule has 2 aromatic rings. The monoisotopic (exact) mass is 378 g/mol. The summed E-state index contributed by atoms with van der Waals surface area (Å²) in [6, 6.07) is 13.5. The van der Waals surface area contributed by atoms with E-state index < -0.39 is 30.0 Å². The molecule has 0 aliphatic carbocycles. The van der Waals surface area contributed by atoms with Gasteiger partial charge < -0.3 is 10.2 Å².